The van der Waals surface area contributed by atoms with E-state index in [4.69, 9.17) is 0 Å². The van der Waals surface area contributed by atoms with Gasteiger partial charge in [0.1, 0.15) is 5.69 Å². The molecule has 0 spiro atoms. The number of amides is 1. The number of nitrogens with zero attached hydrogens (tertiary/aromatic N) is 1. The lowest BCUT2D eigenvalue weighted by atomic mass is 10.1. The fourth-order valence-electron chi connectivity index (χ4n) is 1.80. The van der Waals surface area contributed by atoms with Crippen molar-refractivity contribution in [2.24, 2.45) is 0 Å². The summed E-state index contributed by atoms with van der Waals surface area (Å²) in [5.41, 5.74) is 0.542. The Labute approximate surface area is 98.2 Å². The number of benzene rings is 1. The Morgan fingerprint density at radius 2 is 1.88 bits per heavy atom. The highest BCUT2D eigenvalue weighted by Gasteiger charge is 2.28. The van der Waals surface area contributed by atoms with E-state index in [1.165, 1.54) is 12.1 Å². The Hall–Kier alpha value is -2.11. The Bertz CT molecular complexity index is 487. The summed E-state index contributed by atoms with van der Waals surface area (Å²) in [6.45, 7) is 3.73. The summed E-state index contributed by atoms with van der Waals surface area (Å²) in [6, 6.07) is 4.33. The number of para-hydroxylation sites is 1. The van der Waals surface area contributed by atoms with Gasteiger partial charge in [-0.1, -0.05) is 6.07 Å². The first kappa shape index (κ1) is 11.4. The Morgan fingerprint density at radius 1 is 1.24 bits per heavy atom. The fraction of sp³-hybridized carbons (Fsp3) is 0.364. The number of hydrogen-bond donors (Lipinski definition) is 2. The molecule has 17 heavy (non-hydrogen) atoms. The Kier molecular flexibility index (Phi) is 2.71. The Balaban J connectivity index is 2.57. The van der Waals surface area contributed by atoms with Crippen LogP contribution in [0.1, 0.15) is 24.2 Å². The van der Waals surface area contributed by atoms with E-state index in [2.05, 4.69) is 10.6 Å². The summed E-state index contributed by atoms with van der Waals surface area (Å²) in [5.74, 6) is -0.284. The lowest BCUT2D eigenvalue weighted by molar-refractivity contribution is -0.384. The van der Waals surface area contributed by atoms with Crippen molar-refractivity contribution >= 4 is 17.3 Å². The third kappa shape index (κ3) is 1.93. The molecule has 0 unspecified atom stereocenters. The zero-order valence-corrected chi connectivity index (χ0v) is 9.56. The van der Waals surface area contributed by atoms with E-state index >= 15 is 0 Å². The van der Waals surface area contributed by atoms with Gasteiger partial charge in [0.2, 0.25) is 0 Å². The maximum atomic E-state index is 11.9. The van der Waals surface area contributed by atoms with Gasteiger partial charge < -0.3 is 10.6 Å². The summed E-state index contributed by atoms with van der Waals surface area (Å²) >= 11 is 0. The van der Waals surface area contributed by atoms with Crippen LogP contribution < -0.4 is 10.6 Å². The lowest BCUT2D eigenvalue weighted by Crippen LogP contribution is -2.40. The van der Waals surface area contributed by atoms with Crippen molar-refractivity contribution in [1.82, 2.24) is 5.32 Å². The average molecular weight is 235 g/mol. The summed E-state index contributed by atoms with van der Waals surface area (Å²) in [5, 5.41) is 16.7. The summed E-state index contributed by atoms with van der Waals surface area (Å²) in [7, 11) is 0. The number of nitro groups is 1. The molecule has 0 saturated heterocycles. The smallest absolute Gasteiger partial charge is 0.293 e. The normalized spacial score (nSPS) is 23.1. The molecule has 1 aromatic rings. The summed E-state index contributed by atoms with van der Waals surface area (Å²) < 4.78 is 0. The summed E-state index contributed by atoms with van der Waals surface area (Å²) in [6.07, 6.45) is 0. The van der Waals surface area contributed by atoms with Crippen LogP contribution in [0.15, 0.2) is 18.2 Å². The van der Waals surface area contributed by atoms with Gasteiger partial charge in [-0.2, -0.15) is 0 Å². The molecule has 1 amide bonds. The van der Waals surface area contributed by atoms with Gasteiger partial charge in [0.25, 0.3) is 11.6 Å². The molecule has 0 aliphatic carbocycles. The molecule has 2 rings (SSSR count). The molecular weight excluding hydrogens is 222 g/mol. The van der Waals surface area contributed by atoms with Crippen molar-refractivity contribution in [3.63, 3.8) is 0 Å². The van der Waals surface area contributed by atoms with Crippen molar-refractivity contribution < 1.29 is 9.72 Å². The highest BCUT2D eigenvalue weighted by molar-refractivity contribution is 6.02. The standard InChI is InChI=1S/C11H13N3O3/c1-6-7(2)13-11(15)8-4-3-5-9(14(16)17)10(8)12-6/h3-7,12H,1-2H3,(H,13,15)/t6-,7+/m0/s1. The number of fused-ring (bicyclic) bond motifs is 1. The van der Waals surface area contributed by atoms with Crippen LogP contribution in [0.2, 0.25) is 0 Å². The van der Waals surface area contributed by atoms with Gasteiger partial charge in [0.05, 0.1) is 10.5 Å². The monoisotopic (exact) mass is 235 g/mol. The van der Waals surface area contributed by atoms with Gasteiger partial charge in [-0.15, -0.1) is 0 Å². The molecule has 1 heterocycles. The number of hydrogen-bond acceptors (Lipinski definition) is 4. The number of anilines is 1. The van der Waals surface area contributed by atoms with Crippen molar-refractivity contribution in [1.29, 1.82) is 0 Å². The first-order valence-electron chi connectivity index (χ1n) is 5.35. The molecule has 0 aromatic heterocycles. The van der Waals surface area contributed by atoms with Crippen LogP contribution in [-0.4, -0.2) is 22.9 Å². The maximum absolute atomic E-state index is 11.9. The number of rotatable bonds is 1. The van der Waals surface area contributed by atoms with Gasteiger partial charge in [-0.3, -0.25) is 14.9 Å². The zero-order valence-electron chi connectivity index (χ0n) is 9.56. The molecule has 6 heteroatoms. The SMILES string of the molecule is C[C@@H]1Nc2c(cccc2[N+](=O)[O-])C(=O)N[C@@H]1C. The van der Waals surface area contributed by atoms with Crippen molar-refractivity contribution in [3.8, 4) is 0 Å². The molecule has 2 N–H and O–H groups in total. The van der Waals surface area contributed by atoms with Gasteiger partial charge in [-0.25, -0.2) is 0 Å². The van der Waals surface area contributed by atoms with Crippen LogP contribution in [0.3, 0.4) is 0 Å². The van der Waals surface area contributed by atoms with Crippen LogP contribution in [0.4, 0.5) is 11.4 Å². The van der Waals surface area contributed by atoms with E-state index in [1.807, 2.05) is 13.8 Å². The van der Waals surface area contributed by atoms with E-state index in [9.17, 15) is 14.9 Å². The molecule has 90 valence electrons. The van der Waals surface area contributed by atoms with Gasteiger partial charge in [0.15, 0.2) is 0 Å². The second kappa shape index (κ2) is 4.04. The van der Waals surface area contributed by atoms with E-state index in [0.717, 1.165) is 0 Å². The van der Waals surface area contributed by atoms with E-state index in [-0.39, 0.29) is 23.7 Å². The van der Waals surface area contributed by atoms with Gasteiger partial charge in [0, 0.05) is 18.2 Å². The Morgan fingerprint density at radius 3 is 2.53 bits per heavy atom. The van der Waals surface area contributed by atoms with Gasteiger partial charge >= 0.3 is 0 Å². The van der Waals surface area contributed by atoms with Crippen molar-refractivity contribution in [2.75, 3.05) is 5.32 Å². The van der Waals surface area contributed by atoms with E-state index in [0.29, 0.717) is 11.3 Å². The topological polar surface area (TPSA) is 84.3 Å². The zero-order chi connectivity index (χ0) is 12.6. The molecule has 1 aliphatic rings. The molecule has 2 atom stereocenters. The fourth-order valence-corrected chi connectivity index (χ4v) is 1.80. The first-order chi connectivity index (χ1) is 8.00. The molecule has 6 nitrogen and oxygen atoms in total. The van der Waals surface area contributed by atoms with Gasteiger partial charge in [-0.05, 0) is 19.9 Å². The summed E-state index contributed by atoms with van der Waals surface area (Å²) in [4.78, 5) is 22.3. The first-order valence-corrected chi connectivity index (χ1v) is 5.35. The van der Waals surface area contributed by atoms with Crippen molar-refractivity contribution in [3.05, 3.63) is 33.9 Å². The predicted octanol–water partition coefficient (Wildman–Crippen LogP) is 1.53. The molecule has 0 radical (unpaired) electrons. The number of carbonyl (C=O) groups excluding carboxylic acids is 1. The minimum absolute atomic E-state index is 0.0682. The van der Waals surface area contributed by atoms with E-state index < -0.39 is 4.92 Å². The maximum Gasteiger partial charge on any atom is 0.293 e. The van der Waals surface area contributed by atoms with Crippen LogP contribution in [0.25, 0.3) is 0 Å². The molecule has 0 fully saturated rings. The third-order valence-corrected chi connectivity index (χ3v) is 2.96. The van der Waals surface area contributed by atoms with Crippen molar-refractivity contribution in [2.45, 2.75) is 25.9 Å². The number of carbonyl (C=O) groups is 1. The molecular formula is C11H13N3O3. The minimum atomic E-state index is -0.484. The lowest BCUT2D eigenvalue weighted by Gasteiger charge is -2.18. The van der Waals surface area contributed by atoms with Crippen LogP contribution in [-0.2, 0) is 0 Å². The van der Waals surface area contributed by atoms with Crippen LogP contribution in [0.5, 0.6) is 0 Å². The number of nitrogens with one attached hydrogen (secondary N) is 2. The molecule has 0 saturated carbocycles. The third-order valence-electron chi connectivity index (χ3n) is 2.96. The average Bonchev–Trinajstić information content (AvgIpc) is 2.37. The van der Waals surface area contributed by atoms with E-state index in [1.54, 1.807) is 6.07 Å². The predicted molar refractivity (Wildman–Crippen MR) is 63.1 cm³/mol. The molecule has 1 aromatic carbocycles. The van der Waals surface area contributed by atoms with Crippen LogP contribution in [0, 0.1) is 10.1 Å². The second-order valence-electron chi connectivity index (χ2n) is 4.15. The minimum Gasteiger partial charge on any atom is -0.374 e. The quantitative estimate of drug-likeness (QED) is 0.571. The highest BCUT2D eigenvalue weighted by Crippen LogP contribution is 2.30. The highest BCUT2D eigenvalue weighted by atomic mass is 16.6. The molecule has 0 bridgehead atoms. The second-order valence-corrected chi connectivity index (χ2v) is 4.15. The number of nitro benzene ring substituents is 1. The largest absolute Gasteiger partial charge is 0.374 e. The van der Waals surface area contributed by atoms with Crippen LogP contribution >= 0.6 is 0 Å². The molecule has 1 aliphatic heterocycles.